The van der Waals surface area contributed by atoms with Gasteiger partial charge in [0.05, 0.1) is 25.6 Å². The molecule has 20 heavy (non-hydrogen) atoms. The van der Waals surface area contributed by atoms with E-state index in [1.54, 1.807) is 0 Å². The van der Waals surface area contributed by atoms with Crippen LogP contribution < -0.4 is 0 Å². The van der Waals surface area contributed by atoms with Crippen molar-refractivity contribution >= 4 is 20.3 Å². The van der Waals surface area contributed by atoms with Crippen LogP contribution in [-0.4, -0.2) is 38.1 Å². The molecule has 0 fully saturated rings. The van der Waals surface area contributed by atoms with Crippen LogP contribution in [0.2, 0.25) is 18.1 Å². The predicted molar refractivity (Wildman–Crippen MR) is 80.2 cm³/mol. The van der Waals surface area contributed by atoms with E-state index in [0.717, 1.165) is 6.42 Å². The number of carbonyl (C=O) groups is 2. The van der Waals surface area contributed by atoms with Crippen LogP contribution in [0.1, 0.15) is 47.0 Å². The van der Waals surface area contributed by atoms with E-state index in [2.05, 4.69) is 20.8 Å². The van der Waals surface area contributed by atoms with Crippen molar-refractivity contribution in [3.63, 3.8) is 0 Å². The van der Waals surface area contributed by atoms with Gasteiger partial charge in [-0.3, -0.25) is 9.59 Å². The minimum Gasteiger partial charge on any atom is -0.481 e. The molecule has 0 rings (SSSR count). The molecule has 1 atom stereocenters. The molecule has 0 aliphatic heterocycles. The molecule has 0 unspecified atom stereocenters. The van der Waals surface area contributed by atoms with E-state index in [-0.39, 0.29) is 17.9 Å². The first-order valence-electron chi connectivity index (χ1n) is 7.05. The van der Waals surface area contributed by atoms with Gasteiger partial charge in [-0.25, -0.2) is 0 Å². The molecule has 0 saturated carbocycles. The third kappa shape index (κ3) is 7.05. The third-order valence-electron chi connectivity index (χ3n) is 3.53. The van der Waals surface area contributed by atoms with Gasteiger partial charge in [-0.05, 0) is 24.6 Å². The zero-order valence-electron chi connectivity index (χ0n) is 13.5. The highest BCUT2D eigenvalue weighted by Crippen LogP contribution is 2.38. The summed E-state index contributed by atoms with van der Waals surface area (Å²) in [5.74, 6) is -1.35. The normalized spacial score (nSPS) is 13.9. The Morgan fingerprint density at radius 1 is 1.20 bits per heavy atom. The number of ether oxygens (including phenoxy) is 1. The Hall–Kier alpha value is -0.883. The molecule has 0 amide bonds. The van der Waals surface area contributed by atoms with Gasteiger partial charge in [-0.2, -0.15) is 0 Å². The Balaban J connectivity index is 4.73. The number of hydrogen-bond acceptors (Lipinski definition) is 4. The number of hydrogen-bond donors (Lipinski definition) is 1. The zero-order valence-corrected chi connectivity index (χ0v) is 14.5. The lowest BCUT2D eigenvalue weighted by molar-refractivity contribution is -0.146. The first-order chi connectivity index (χ1) is 8.99. The Bertz CT molecular complexity index is 333. The molecule has 5 nitrogen and oxygen atoms in total. The van der Waals surface area contributed by atoms with Crippen LogP contribution in [0.25, 0.3) is 0 Å². The summed E-state index contributed by atoms with van der Waals surface area (Å²) in [6.07, 6.45) is -0.0388. The second-order valence-corrected chi connectivity index (χ2v) is 11.3. The van der Waals surface area contributed by atoms with Gasteiger partial charge < -0.3 is 14.3 Å². The van der Waals surface area contributed by atoms with Crippen molar-refractivity contribution < 1.29 is 23.9 Å². The Kier molecular flexibility index (Phi) is 7.44. The molecule has 0 heterocycles. The molecule has 0 aromatic heterocycles. The summed E-state index contributed by atoms with van der Waals surface area (Å²) < 4.78 is 11.0. The maximum Gasteiger partial charge on any atom is 0.308 e. The number of esters is 1. The molecule has 118 valence electrons. The van der Waals surface area contributed by atoms with Gasteiger partial charge in [0, 0.05) is 0 Å². The summed E-state index contributed by atoms with van der Waals surface area (Å²) >= 11 is 0. The van der Waals surface area contributed by atoms with E-state index >= 15 is 0 Å². The Morgan fingerprint density at radius 3 is 2.15 bits per heavy atom. The molecule has 0 aromatic rings. The summed E-state index contributed by atoms with van der Waals surface area (Å²) in [5, 5.41) is 8.93. The van der Waals surface area contributed by atoms with E-state index in [0.29, 0.717) is 6.61 Å². The maximum absolute atomic E-state index is 11.6. The fourth-order valence-corrected chi connectivity index (χ4v) is 2.76. The summed E-state index contributed by atoms with van der Waals surface area (Å²) in [6, 6.07) is 0. The topological polar surface area (TPSA) is 72.8 Å². The number of aliphatic carboxylic acids is 1. The van der Waals surface area contributed by atoms with Crippen LogP contribution in [0.5, 0.6) is 0 Å². The zero-order chi connectivity index (χ0) is 16.0. The lowest BCUT2D eigenvalue weighted by Crippen LogP contribution is -2.45. The van der Waals surface area contributed by atoms with Gasteiger partial charge in [-0.15, -0.1) is 0 Å². The number of carboxylic acid groups (broad SMARTS) is 1. The van der Waals surface area contributed by atoms with Crippen LogP contribution in [0, 0.1) is 0 Å². The van der Waals surface area contributed by atoms with Gasteiger partial charge >= 0.3 is 11.9 Å². The molecular weight excluding hydrogens is 276 g/mol. The average Bonchev–Trinajstić information content (AvgIpc) is 2.22. The molecule has 0 aromatic carbocycles. The Morgan fingerprint density at radius 2 is 1.75 bits per heavy atom. The van der Waals surface area contributed by atoms with Gasteiger partial charge in [-0.1, -0.05) is 27.7 Å². The lowest BCUT2D eigenvalue weighted by Gasteiger charge is -2.38. The molecule has 0 aliphatic rings. The standard InChI is InChI=1S/C14H28O5Si/c1-7-8-18-13(17)10-11(9-12(15)16)19-20(5,6)14(2,3)4/h11H,7-10H2,1-6H3,(H,15,16)/t11-/m0/s1. The molecule has 6 heteroatoms. The molecule has 0 bridgehead atoms. The van der Waals surface area contributed by atoms with Crippen molar-refractivity contribution in [2.75, 3.05) is 6.61 Å². The van der Waals surface area contributed by atoms with E-state index in [1.165, 1.54) is 0 Å². The predicted octanol–water partition coefficient (Wildman–Crippen LogP) is 3.19. The third-order valence-corrected chi connectivity index (χ3v) is 8.07. The molecule has 0 spiro atoms. The van der Waals surface area contributed by atoms with Crippen molar-refractivity contribution in [2.24, 2.45) is 0 Å². The maximum atomic E-state index is 11.6. The summed E-state index contributed by atoms with van der Waals surface area (Å²) in [6.45, 7) is 12.6. The number of carboxylic acids is 1. The van der Waals surface area contributed by atoms with Crippen LogP contribution in [0.3, 0.4) is 0 Å². The number of carbonyl (C=O) groups excluding carboxylic acids is 1. The van der Waals surface area contributed by atoms with Crippen molar-refractivity contribution in [1.82, 2.24) is 0 Å². The lowest BCUT2D eigenvalue weighted by atomic mass is 10.2. The highest BCUT2D eigenvalue weighted by Gasteiger charge is 2.40. The van der Waals surface area contributed by atoms with E-state index in [4.69, 9.17) is 14.3 Å². The fraction of sp³-hybridized carbons (Fsp3) is 0.857. The number of rotatable bonds is 8. The first kappa shape index (κ1) is 19.1. The van der Waals surface area contributed by atoms with Gasteiger partial charge in [0.15, 0.2) is 8.32 Å². The van der Waals surface area contributed by atoms with Crippen LogP contribution >= 0.6 is 0 Å². The summed E-state index contributed by atoms with van der Waals surface area (Å²) in [4.78, 5) is 22.6. The molecule has 0 saturated heterocycles. The van der Waals surface area contributed by atoms with Crippen molar-refractivity contribution in [1.29, 1.82) is 0 Å². The second-order valence-electron chi connectivity index (χ2n) is 6.52. The van der Waals surface area contributed by atoms with Crippen LogP contribution in [0.15, 0.2) is 0 Å². The van der Waals surface area contributed by atoms with E-state index < -0.39 is 26.4 Å². The monoisotopic (exact) mass is 304 g/mol. The second kappa shape index (κ2) is 7.78. The smallest absolute Gasteiger partial charge is 0.308 e. The van der Waals surface area contributed by atoms with Gasteiger partial charge in [0.25, 0.3) is 0 Å². The van der Waals surface area contributed by atoms with Gasteiger partial charge in [0.1, 0.15) is 0 Å². The van der Waals surface area contributed by atoms with Crippen molar-refractivity contribution in [2.45, 2.75) is 71.2 Å². The largest absolute Gasteiger partial charge is 0.481 e. The van der Waals surface area contributed by atoms with Crippen molar-refractivity contribution in [3.05, 3.63) is 0 Å². The molecule has 0 radical (unpaired) electrons. The quantitative estimate of drug-likeness (QED) is 0.550. The van der Waals surface area contributed by atoms with Crippen LogP contribution in [-0.2, 0) is 18.8 Å². The fourth-order valence-electron chi connectivity index (χ4n) is 1.40. The van der Waals surface area contributed by atoms with E-state index in [1.807, 2.05) is 20.0 Å². The van der Waals surface area contributed by atoms with Crippen LogP contribution in [0.4, 0.5) is 0 Å². The minimum absolute atomic E-state index is 0.00118. The minimum atomic E-state index is -2.10. The molecular formula is C14H28O5Si. The molecule has 1 N–H and O–H groups in total. The van der Waals surface area contributed by atoms with Crippen molar-refractivity contribution in [3.8, 4) is 0 Å². The SMILES string of the molecule is CCCOC(=O)C[C@H](CC(=O)O)O[Si](C)(C)C(C)(C)C. The van der Waals surface area contributed by atoms with E-state index in [9.17, 15) is 9.59 Å². The highest BCUT2D eigenvalue weighted by molar-refractivity contribution is 6.74. The first-order valence-corrected chi connectivity index (χ1v) is 9.95. The Labute approximate surface area is 122 Å². The summed E-state index contributed by atoms with van der Waals surface area (Å²) in [5.41, 5.74) is 0. The highest BCUT2D eigenvalue weighted by atomic mass is 28.4. The van der Waals surface area contributed by atoms with Gasteiger partial charge in [0.2, 0.25) is 0 Å². The molecule has 0 aliphatic carbocycles. The average molecular weight is 304 g/mol. The summed E-state index contributed by atoms with van der Waals surface area (Å²) in [7, 11) is -2.10.